The van der Waals surface area contributed by atoms with E-state index >= 15 is 0 Å². The Balaban J connectivity index is 2.51. The Bertz CT molecular complexity index is 383. The van der Waals surface area contributed by atoms with Gasteiger partial charge < -0.3 is 14.8 Å². The Hall–Kier alpha value is -0.740. The average Bonchev–Trinajstić information content (AvgIpc) is 2.43. The standard InChI is InChI=1S/C15H24BrNO2/c1-4-8-17-9-6-5-7-12-10-15(19-3)13(16)11-14(12)18-2/h10-11,17H,4-9H2,1-3H3. The molecule has 108 valence electrons. The molecular weight excluding hydrogens is 306 g/mol. The van der Waals surface area contributed by atoms with Crippen LogP contribution in [0.5, 0.6) is 11.5 Å². The maximum atomic E-state index is 5.42. The number of ether oxygens (including phenoxy) is 2. The summed E-state index contributed by atoms with van der Waals surface area (Å²) in [6.45, 7) is 4.38. The predicted molar refractivity (Wildman–Crippen MR) is 83.3 cm³/mol. The monoisotopic (exact) mass is 329 g/mol. The van der Waals surface area contributed by atoms with Crippen LogP contribution in [-0.2, 0) is 6.42 Å². The molecule has 0 saturated heterocycles. The molecule has 1 aromatic carbocycles. The normalized spacial score (nSPS) is 10.5. The fraction of sp³-hybridized carbons (Fsp3) is 0.600. The van der Waals surface area contributed by atoms with E-state index in [0.29, 0.717) is 0 Å². The van der Waals surface area contributed by atoms with E-state index in [1.807, 2.05) is 6.07 Å². The highest BCUT2D eigenvalue weighted by Gasteiger charge is 2.09. The largest absolute Gasteiger partial charge is 0.496 e. The molecular formula is C15H24BrNO2. The Morgan fingerprint density at radius 3 is 2.42 bits per heavy atom. The van der Waals surface area contributed by atoms with Gasteiger partial charge in [-0.2, -0.15) is 0 Å². The summed E-state index contributed by atoms with van der Waals surface area (Å²) in [6, 6.07) is 4.03. The fourth-order valence-electron chi connectivity index (χ4n) is 1.99. The van der Waals surface area contributed by atoms with E-state index in [2.05, 4.69) is 34.2 Å². The smallest absolute Gasteiger partial charge is 0.133 e. The van der Waals surface area contributed by atoms with E-state index in [0.717, 1.165) is 41.9 Å². The quantitative estimate of drug-likeness (QED) is 0.699. The average molecular weight is 330 g/mol. The number of unbranched alkanes of at least 4 members (excludes halogenated alkanes) is 1. The van der Waals surface area contributed by atoms with Gasteiger partial charge in [0.2, 0.25) is 0 Å². The molecule has 0 heterocycles. The molecule has 0 saturated carbocycles. The first-order valence-corrected chi connectivity index (χ1v) is 7.63. The summed E-state index contributed by atoms with van der Waals surface area (Å²) in [6.07, 6.45) is 4.54. The van der Waals surface area contributed by atoms with Crippen LogP contribution >= 0.6 is 15.9 Å². The summed E-state index contributed by atoms with van der Waals surface area (Å²) in [4.78, 5) is 0. The minimum Gasteiger partial charge on any atom is -0.496 e. The zero-order valence-corrected chi connectivity index (χ0v) is 13.7. The molecule has 0 atom stereocenters. The molecule has 0 aliphatic heterocycles. The number of hydrogen-bond donors (Lipinski definition) is 1. The van der Waals surface area contributed by atoms with E-state index in [4.69, 9.17) is 9.47 Å². The summed E-state index contributed by atoms with van der Waals surface area (Å²) in [5.74, 6) is 1.79. The lowest BCUT2D eigenvalue weighted by Gasteiger charge is -2.12. The van der Waals surface area contributed by atoms with Crippen LogP contribution in [0, 0.1) is 0 Å². The molecule has 0 aromatic heterocycles. The van der Waals surface area contributed by atoms with Crippen molar-refractivity contribution in [1.29, 1.82) is 0 Å². The van der Waals surface area contributed by atoms with Crippen molar-refractivity contribution in [2.24, 2.45) is 0 Å². The highest BCUT2D eigenvalue weighted by atomic mass is 79.9. The van der Waals surface area contributed by atoms with Crippen LogP contribution in [0.25, 0.3) is 0 Å². The van der Waals surface area contributed by atoms with Crippen molar-refractivity contribution in [2.45, 2.75) is 32.6 Å². The number of methoxy groups -OCH3 is 2. The molecule has 3 nitrogen and oxygen atoms in total. The van der Waals surface area contributed by atoms with Crippen molar-refractivity contribution in [1.82, 2.24) is 5.32 Å². The van der Waals surface area contributed by atoms with Gasteiger partial charge in [-0.05, 0) is 72.4 Å². The predicted octanol–water partition coefficient (Wildman–Crippen LogP) is 3.79. The molecule has 0 aliphatic rings. The van der Waals surface area contributed by atoms with Crippen molar-refractivity contribution < 1.29 is 9.47 Å². The van der Waals surface area contributed by atoms with Crippen molar-refractivity contribution in [3.8, 4) is 11.5 Å². The zero-order valence-electron chi connectivity index (χ0n) is 12.1. The van der Waals surface area contributed by atoms with Gasteiger partial charge in [0.15, 0.2) is 0 Å². The molecule has 4 heteroatoms. The molecule has 1 aromatic rings. The summed E-state index contributed by atoms with van der Waals surface area (Å²) in [5.41, 5.74) is 1.21. The highest BCUT2D eigenvalue weighted by Crippen LogP contribution is 2.33. The summed E-state index contributed by atoms with van der Waals surface area (Å²) in [5, 5.41) is 3.42. The van der Waals surface area contributed by atoms with Gasteiger partial charge in [-0.25, -0.2) is 0 Å². The van der Waals surface area contributed by atoms with Gasteiger partial charge in [0.05, 0.1) is 18.7 Å². The van der Waals surface area contributed by atoms with E-state index in [1.165, 1.54) is 18.4 Å². The van der Waals surface area contributed by atoms with Crippen LogP contribution in [-0.4, -0.2) is 27.3 Å². The lowest BCUT2D eigenvalue weighted by Crippen LogP contribution is -2.15. The molecule has 1 rings (SSSR count). The third-order valence-electron chi connectivity index (χ3n) is 3.03. The lowest BCUT2D eigenvalue weighted by molar-refractivity contribution is 0.396. The molecule has 1 N–H and O–H groups in total. The topological polar surface area (TPSA) is 30.5 Å². The molecule has 0 radical (unpaired) electrons. The Morgan fingerprint density at radius 1 is 1.05 bits per heavy atom. The van der Waals surface area contributed by atoms with E-state index in [-0.39, 0.29) is 0 Å². The van der Waals surface area contributed by atoms with E-state index < -0.39 is 0 Å². The number of benzene rings is 1. The maximum Gasteiger partial charge on any atom is 0.133 e. The molecule has 0 unspecified atom stereocenters. The van der Waals surface area contributed by atoms with Crippen molar-refractivity contribution in [3.63, 3.8) is 0 Å². The molecule has 0 bridgehead atoms. The number of hydrogen-bond acceptors (Lipinski definition) is 3. The van der Waals surface area contributed by atoms with Gasteiger partial charge in [-0.1, -0.05) is 6.92 Å². The first-order chi connectivity index (χ1) is 9.22. The molecule has 0 amide bonds. The Kier molecular flexibility index (Phi) is 7.91. The zero-order chi connectivity index (χ0) is 14.1. The van der Waals surface area contributed by atoms with Gasteiger partial charge >= 0.3 is 0 Å². The number of rotatable bonds is 9. The highest BCUT2D eigenvalue weighted by molar-refractivity contribution is 9.10. The Morgan fingerprint density at radius 2 is 1.79 bits per heavy atom. The fourth-order valence-corrected chi connectivity index (χ4v) is 2.47. The second-order valence-electron chi connectivity index (χ2n) is 4.51. The maximum absolute atomic E-state index is 5.42. The number of aryl methyl sites for hydroxylation is 1. The van der Waals surface area contributed by atoms with Crippen LogP contribution in [0.3, 0.4) is 0 Å². The van der Waals surface area contributed by atoms with Gasteiger partial charge in [0.25, 0.3) is 0 Å². The van der Waals surface area contributed by atoms with Gasteiger partial charge in [-0.3, -0.25) is 0 Å². The van der Waals surface area contributed by atoms with Gasteiger partial charge in [-0.15, -0.1) is 0 Å². The number of nitrogens with one attached hydrogen (secondary N) is 1. The summed E-state index contributed by atoms with van der Waals surface area (Å²) in [7, 11) is 3.39. The third kappa shape index (κ3) is 5.41. The number of halogens is 1. The van der Waals surface area contributed by atoms with Gasteiger partial charge in [0.1, 0.15) is 11.5 Å². The van der Waals surface area contributed by atoms with E-state index in [1.54, 1.807) is 14.2 Å². The van der Waals surface area contributed by atoms with Crippen LogP contribution in [0.4, 0.5) is 0 Å². The second-order valence-corrected chi connectivity index (χ2v) is 5.36. The first kappa shape index (κ1) is 16.3. The van der Waals surface area contributed by atoms with Crippen LogP contribution in [0.15, 0.2) is 16.6 Å². The summed E-state index contributed by atoms with van der Waals surface area (Å²) < 4.78 is 11.7. The van der Waals surface area contributed by atoms with Crippen LogP contribution in [0.2, 0.25) is 0 Å². The minimum atomic E-state index is 0.861. The Labute approximate surface area is 124 Å². The van der Waals surface area contributed by atoms with Gasteiger partial charge in [0, 0.05) is 0 Å². The van der Waals surface area contributed by atoms with Crippen LogP contribution in [0.1, 0.15) is 31.7 Å². The summed E-state index contributed by atoms with van der Waals surface area (Å²) >= 11 is 3.48. The van der Waals surface area contributed by atoms with E-state index in [9.17, 15) is 0 Å². The molecule has 0 aliphatic carbocycles. The third-order valence-corrected chi connectivity index (χ3v) is 3.65. The molecule has 0 fully saturated rings. The van der Waals surface area contributed by atoms with Crippen molar-refractivity contribution in [2.75, 3.05) is 27.3 Å². The SMILES string of the molecule is CCCNCCCCc1cc(OC)c(Br)cc1OC. The first-order valence-electron chi connectivity index (χ1n) is 6.84. The van der Waals surface area contributed by atoms with Crippen molar-refractivity contribution >= 4 is 15.9 Å². The lowest BCUT2D eigenvalue weighted by atomic mass is 10.1. The molecule has 0 spiro atoms. The van der Waals surface area contributed by atoms with Crippen LogP contribution < -0.4 is 14.8 Å². The molecule has 19 heavy (non-hydrogen) atoms. The minimum absolute atomic E-state index is 0.861. The second kappa shape index (κ2) is 9.21. The van der Waals surface area contributed by atoms with Crippen molar-refractivity contribution in [3.05, 3.63) is 22.2 Å².